The Morgan fingerprint density at radius 2 is 1.93 bits per heavy atom. The summed E-state index contributed by atoms with van der Waals surface area (Å²) in [5, 5.41) is 25.3. The first-order valence-electron chi connectivity index (χ1n) is 14.9. The summed E-state index contributed by atoms with van der Waals surface area (Å²) in [7, 11) is 0. The Balaban J connectivity index is 1.18. The number of aliphatic hydroxyl groups excluding tert-OH is 2. The van der Waals surface area contributed by atoms with Gasteiger partial charge in [0.2, 0.25) is 0 Å². The Bertz CT molecular complexity index is 1500. The van der Waals surface area contributed by atoms with Crippen molar-refractivity contribution in [3.8, 4) is 0 Å². The van der Waals surface area contributed by atoms with Crippen LogP contribution >= 0.6 is 0 Å². The molecule has 0 aromatic heterocycles. The van der Waals surface area contributed by atoms with E-state index in [2.05, 4.69) is 12.2 Å². The number of rotatable bonds is 5. The molecule has 0 unspecified atom stereocenters. The summed E-state index contributed by atoms with van der Waals surface area (Å²) in [5.41, 5.74) is 7.68. The van der Waals surface area contributed by atoms with Gasteiger partial charge in [0.15, 0.2) is 23.5 Å². The minimum Gasteiger partial charge on any atom is -0.399 e. The fourth-order valence-corrected chi connectivity index (χ4v) is 9.34. The van der Waals surface area contributed by atoms with Crippen LogP contribution in [0.2, 0.25) is 0 Å². The van der Waals surface area contributed by atoms with Crippen molar-refractivity contribution in [3.63, 3.8) is 0 Å². The number of nitrogens with two attached hydrogens (primary N) is 1. The smallest absolute Gasteiger partial charge is 0.193 e. The molecule has 0 amide bonds. The number of anilines is 3. The molecule has 0 spiro atoms. The Kier molecular flexibility index (Phi) is 6.30. The number of nitrogen functional groups attached to an aromatic ring is 1. The Labute approximate surface area is 245 Å². The maximum absolute atomic E-state index is 13.7. The van der Waals surface area contributed by atoms with Gasteiger partial charge in [0.1, 0.15) is 6.61 Å². The molecule has 4 fully saturated rings. The van der Waals surface area contributed by atoms with Gasteiger partial charge in [0.25, 0.3) is 0 Å². The number of fused-ring (bicyclic) bond motifs is 7. The van der Waals surface area contributed by atoms with Crippen molar-refractivity contribution in [1.29, 1.82) is 0 Å². The number of ketones is 2. The summed E-state index contributed by atoms with van der Waals surface area (Å²) in [5.74, 6) is -0.287. The highest BCUT2D eigenvalue weighted by molar-refractivity contribution is 6.01. The van der Waals surface area contributed by atoms with E-state index in [4.69, 9.17) is 15.2 Å². The standard InChI is InChI=1S/C34H38N2O6/c1-32-13-12-24(38)14-20(32)8-11-25-26-16-29-34(28(40)18-37,33(26,2)17-27(39)30(25)32)42-31(41-29)19-6-9-22(10-7-19)36-23-5-3-4-21(35)15-23/h3-7,9-10,12-15,25-27,29-31,36-37,39H,8,11,16-18,35H2,1-2H3/t25-,26-,27-,29+,30+,31+,32-,33-,34+/m0/s1. The lowest BCUT2D eigenvalue weighted by Gasteiger charge is -2.59. The lowest BCUT2D eigenvalue weighted by molar-refractivity contribution is -0.201. The van der Waals surface area contributed by atoms with E-state index in [-0.39, 0.29) is 23.5 Å². The molecular formula is C34H38N2O6. The predicted molar refractivity (Wildman–Crippen MR) is 157 cm³/mol. The lowest BCUT2D eigenvalue weighted by atomic mass is 9.46. The molecule has 1 aliphatic heterocycles. The third kappa shape index (κ3) is 3.82. The second-order valence-corrected chi connectivity index (χ2v) is 13.2. The Hall–Kier alpha value is -3.30. The van der Waals surface area contributed by atoms with Crippen molar-refractivity contribution in [1.82, 2.24) is 0 Å². The van der Waals surface area contributed by atoms with E-state index in [1.54, 1.807) is 12.2 Å². The molecule has 7 rings (SSSR count). The maximum Gasteiger partial charge on any atom is 0.193 e. The van der Waals surface area contributed by atoms with E-state index < -0.39 is 47.3 Å². The number of benzene rings is 2. The molecule has 5 aliphatic rings. The molecule has 2 aromatic carbocycles. The van der Waals surface area contributed by atoms with Gasteiger partial charge >= 0.3 is 0 Å². The van der Waals surface area contributed by atoms with Crippen LogP contribution in [-0.4, -0.2) is 46.2 Å². The molecule has 0 bridgehead atoms. The fraction of sp³-hybridized carbons (Fsp3) is 0.471. The number of carbonyl (C=O) groups excluding carboxylic acids is 2. The van der Waals surface area contributed by atoms with E-state index in [1.165, 1.54) is 0 Å². The Morgan fingerprint density at radius 1 is 1.14 bits per heavy atom. The molecule has 2 aromatic rings. The molecule has 0 radical (unpaired) electrons. The normalized spacial score (nSPS) is 40.0. The minimum atomic E-state index is -1.36. The number of allylic oxidation sites excluding steroid dienone is 4. The predicted octanol–water partition coefficient (Wildman–Crippen LogP) is 4.62. The van der Waals surface area contributed by atoms with Crippen molar-refractivity contribution in [2.75, 3.05) is 17.7 Å². The van der Waals surface area contributed by atoms with E-state index in [1.807, 2.05) is 61.5 Å². The molecule has 42 heavy (non-hydrogen) atoms. The van der Waals surface area contributed by atoms with Crippen LogP contribution in [0, 0.1) is 28.6 Å². The van der Waals surface area contributed by atoms with Crippen LogP contribution in [0.3, 0.4) is 0 Å². The average Bonchev–Trinajstić information content (AvgIpc) is 3.46. The van der Waals surface area contributed by atoms with Crippen LogP contribution in [0.5, 0.6) is 0 Å². The molecule has 8 heteroatoms. The van der Waals surface area contributed by atoms with Crippen LogP contribution in [0.1, 0.15) is 51.4 Å². The van der Waals surface area contributed by atoms with Gasteiger partial charge in [0, 0.05) is 39.4 Å². The first kappa shape index (κ1) is 27.5. The van der Waals surface area contributed by atoms with Crippen molar-refractivity contribution in [3.05, 3.63) is 77.9 Å². The van der Waals surface area contributed by atoms with Crippen molar-refractivity contribution >= 4 is 28.6 Å². The molecule has 9 atom stereocenters. The summed E-state index contributed by atoms with van der Waals surface area (Å²) in [6.45, 7) is 3.52. The van der Waals surface area contributed by atoms with E-state index >= 15 is 0 Å². The van der Waals surface area contributed by atoms with Crippen molar-refractivity contribution < 1.29 is 29.3 Å². The van der Waals surface area contributed by atoms with Gasteiger partial charge in [-0.2, -0.15) is 0 Å². The largest absolute Gasteiger partial charge is 0.399 e. The molecular weight excluding hydrogens is 532 g/mol. The maximum atomic E-state index is 13.7. The monoisotopic (exact) mass is 570 g/mol. The molecule has 3 saturated carbocycles. The third-order valence-corrected chi connectivity index (χ3v) is 11.2. The highest BCUT2D eigenvalue weighted by Gasteiger charge is 2.75. The van der Waals surface area contributed by atoms with Crippen LogP contribution in [0.15, 0.2) is 72.3 Å². The number of hydrogen-bond donors (Lipinski definition) is 4. The first-order chi connectivity index (χ1) is 20.1. The van der Waals surface area contributed by atoms with Gasteiger partial charge in [-0.05, 0) is 80.0 Å². The summed E-state index contributed by atoms with van der Waals surface area (Å²) in [6, 6.07) is 15.2. The minimum absolute atomic E-state index is 0.000347. The van der Waals surface area contributed by atoms with Gasteiger partial charge in [-0.15, -0.1) is 0 Å². The number of aliphatic hydroxyl groups is 2. The molecule has 5 N–H and O–H groups in total. The van der Waals surface area contributed by atoms with Crippen LogP contribution in [0.4, 0.5) is 17.1 Å². The van der Waals surface area contributed by atoms with Crippen LogP contribution < -0.4 is 11.1 Å². The first-order valence-corrected chi connectivity index (χ1v) is 14.9. The number of nitrogens with one attached hydrogen (secondary N) is 1. The molecule has 1 heterocycles. The molecule has 8 nitrogen and oxygen atoms in total. The highest BCUT2D eigenvalue weighted by Crippen LogP contribution is 2.70. The molecule has 1 saturated heterocycles. The van der Waals surface area contributed by atoms with E-state index in [9.17, 15) is 19.8 Å². The summed E-state index contributed by atoms with van der Waals surface area (Å²) < 4.78 is 13.2. The lowest BCUT2D eigenvalue weighted by Crippen LogP contribution is -2.63. The summed E-state index contributed by atoms with van der Waals surface area (Å²) >= 11 is 0. The van der Waals surface area contributed by atoms with Crippen LogP contribution in [0.25, 0.3) is 0 Å². The zero-order chi connectivity index (χ0) is 29.4. The van der Waals surface area contributed by atoms with Crippen molar-refractivity contribution in [2.24, 2.45) is 28.6 Å². The molecule has 4 aliphatic carbocycles. The SMILES string of the molecule is C[C@]12C=CC(=O)C=C1CC[C@@H]1[C@@H]2[C@@H](O)C[C@@]2(C)[C@H]1C[C@H]1O[C@@H](c3ccc(Nc4cccc(N)c4)cc3)O[C@]12C(=O)CO. The number of hydrogen-bond acceptors (Lipinski definition) is 8. The summed E-state index contributed by atoms with van der Waals surface area (Å²) in [6.07, 6.45) is 5.89. The second kappa shape index (κ2) is 9.61. The second-order valence-electron chi connectivity index (χ2n) is 13.2. The number of ether oxygens (including phenoxy) is 2. The van der Waals surface area contributed by atoms with Crippen molar-refractivity contribution in [2.45, 2.75) is 63.6 Å². The summed E-state index contributed by atoms with van der Waals surface area (Å²) in [4.78, 5) is 25.9. The number of carbonyl (C=O) groups is 2. The average molecular weight is 571 g/mol. The van der Waals surface area contributed by atoms with E-state index in [0.717, 1.165) is 35.4 Å². The fourth-order valence-electron chi connectivity index (χ4n) is 9.34. The van der Waals surface area contributed by atoms with Crippen LogP contribution in [-0.2, 0) is 19.1 Å². The zero-order valence-electron chi connectivity index (χ0n) is 24.0. The quantitative estimate of drug-likeness (QED) is 0.383. The number of Topliss-reactive ketones (excluding diaryl/α,β-unsaturated/α-hetero) is 1. The molecule has 220 valence electrons. The van der Waals surface area contributed by atoms with Gasteiger partial charge < -0.3 is 30.7 Å². The zero-order valence-corrected chi connectivity index (χ0v) is 24.0. The van der Waals surface area contributed by atoms with E-state index in [0.29, 0.717) is 18.5 Å². The third-order valence-electron chi connectivity index (χ3n) is 11.2. The topological polar surface area (TPSA) is 131 Å². The Morgan fingerprint density at radius 3 is 2.67 bits per heavy atom. The van der Waals surface area contributed by atoms with Gasteiger partial charge in [-0.1, -0.05) is 43.7 Å². The van der Waals surface area contributed by atoms with Gasteiger partial charge in [0.05, 0.1) is 12.2 Å². The highest BCUT2D eigenvalue weighted by atomic mass is 16.7. The van der Waals surface area contributed by atoms with Gasteiger partial charge in [-0.25, -0.2) is 0 Å². The van der Waals surface area contributed by atoms with Gasteiger partial charge in [-0.3, -0.25) is 9.59 Å².